The van der Waals surface area contributed by atoms with Gasteiger partial charge in [0.05, 0.1) is 28.9 Å². The van der Waals surface area contributed by atoms with Crippen LogP contribution in [-0.4, -0.2) is 39.1 Å². The van der Waals surface area contributed by atoms with Crippen LogP contribution in [0.1, 0.15) is 64.2 Å². The van der Waals surface area contributed by atoms with Gasteiger partial charge in [0.1, 0.15) is 5.82 Å². The van der Waals surface area contributed by atoms with E-state index >= 15 is 0 Å². The molecular formula is C23H30N4O3. The molecule has 1 aliphatic heterocycles. The number of H-pyrrole nitrogens is 1. The number of imidazole rings is 1. The van der Waals surface area contributed by atoms with Crippen LogP contribution >= 0.6 is 0 Å². The Kier molecular flexibility index (Phi) is 5.88. The highest BCUT2D eigenvalue weighted by Gasteiger charge is 2.47. The lowest BCUT2D eigenvalue weighted by atomic mass is 9.81. The number of hydrogen-bond donors (Lipinski definition) is 2. The quantitative estimate of drug-likeness (QED) is 0.685. The molecule has 3 atom stereocenters. The molecule has 0 spiro atoms. The van der Waals surface area contributed by atoms with Crippen LogP contribution in [0.5, 0.6) is 0 Å². The number of carbonyl (C=O) groups is 3. The van der Waals surface area contributed by atoms with Gasteiger partial charge >= 0.3 is 0 Å². The van der Waals surface area contributed by atoms with Crippen LogP contribution in [0, 0.1) is 17.8 Å². The molecule has 1 saturated carbocycles. The number of nitrogens with zero attached hydrogens (tertiary/aromatic N) is 2. The first-order chi connectivity index (χ1) is 14.4. The first-order valence-electron chi connectivity index (χ1n) is 11.0. The van der Waals surface area contributed by atoms with E-state index in [1.807, 2.05) is 24.3 Å². The van der Waals surface area contributed by atoms with E-state index in [1.54, 1.807) is 0 Å². The maximum absolute atomic E-state index is 12.7. The number of aromatic amines is 1. The molecule has 2 aliphatic rings. The lowest BCUT2D eigenvalue weighted by molar-refractivity contribution is -0.140. The lowest BCUT2D eigenvalue weighted by Gasteiger charge is -2.20. The third-order valence-electron chi connectivity index (χ3n) is 6.27. The van der Waals surface area contributed by atoms with Gasteiger partial charge in [-0.05, 0) is 37.3 Å². The van der Waals surface area contributed by atoms with E-state index in [2.05, 4.69) is 29.1 Å². The van der Waals surface area contributed by atoms with Gasteiger partial charge in [0, 0.05) is 13.0 Å². The van der Waals surface area contributed by atoms with Gasteiger partial charge in [-0.15, -0.1) is 0 Å². The highest BCUT2D eigenvalue weighted by atomic mass is 16.2. The number of carbonyl (C=O) groups excluding carboxylic acids is 3. The van der Waals surface area contributed by atoms with Gasteiger partial charge in [-0.2, -0.15) is 0 Å². The molecule has 160 valence electrons. The molecule has 0 bridgehead atoms. The monoisotopic (exact) mass is 410 g/mol. The summed E-state index contributed by atoms with van der Waals surface area (Å²) in [6.07, 6.45) is 4.45. The van der Waals surface area contributed by atoms with E-state index in [0.29, 0.717) is 5.92 Å². The number of nitrogens with one attached hydrogen (secondary N) is 2. The van der Waals surface area contributed by atoms with E-state index < -0.39 is 0 Å². The summed E-state index contributed by atoms with van der Waals surface area (Å²) in [6.45, 7) is 4.36. The Morgan fingerprint density at radius 2 is 1.83 bits per heavy atom. The number of benzene rings is 1. The summed E-state index contributed by atoms with van der Waals surface area (Å²) < 4.78 is 0. The number of hydrogen-bond acceptors (Lipinski definition) is 4. The van der Waals surface area contributed by atoms with Gasteiger partial charge in [0.15, 0.2) is 0 Å². The Hall–Kier alpha value is -2.70. The van der Waals surface area contributed by atoms with Gasteiger partial charge in [0.2, 0.25) is 17.7 Å². The fourth-order valence-corrected chi connectivity index (χ4v) is 4.78. The molecule has 1 aromatic heterocycles. The molecule has 0 unspecified atom stereocenters. The standard InChI is InChI=1S/C23H30N4O3/c1-14(2)13-19(21-25-17-9-5-6-10-18(17)26-21)24-20(28)11-12-27-22(29)15-7-3-4-8-16(15)23(27)30/h5-6,9-10,14-16,19H,3-4,7-8,11-13H2,1-2H3,(H,24,28)(H,25,26)/t15-,16+,19-/m1/s1. The normalized spacial score (nSPS) is 22.6. The second kappa shape index (κ2) is 8.58. The van der Waals surface area contributed by atoms with Gasteiger partial charge in [-0.3, -0.25) is 19.3 Å². The second-order valence-corrected chi connectivity index (χ2v) is 8.96. The average Bonchev–Trinajstić information content (AvgIpc) is 3.26. The van der Waals surface area contributed by atoms with E-state index in [4.69, 9.17) is 0 Å². The molecule has 4 rings (SSSR count). The fourth-order valence-electron chi connectivity index (χ4n) is 4.78. The second-order valence-electron chi connectivity index (χ2n) is 8.96. The number of amides is 3. The summed E-state index contributed by atoms with van der Waals surface area (Å²) in [4.78, 5) is 47.2. The van der Waals surface area contributed by atoms with Crippen molar-refractivity contribution in [3.05, 3.63) is 30.1 Å². The van der Waals surface area contributed by atoms with Crippen LogP contribution in [0.25, 0.3) is 11.0 Å². The first-order valence-corrected chi connectivity index (χ1v) is 11.0. The third kappa shape index (κ3) is 4.11. The first kappa shape index (κ1) is 20.6. The summed E-state index contributed by atoms with van der Waals surface area (Å²) in [7, 11) is 0. The predicted octanol–water partition coefficient (Wildman–Crippen LogP) is 3.33. The smallest absolute Gasteiger partial charge is 0.233 e. The summed E-state index contributed by atoms with van der Waals surface area (Å²) >= 11 is 0. The Morgan fingerprint density at radius 1 is 1.17 bits per heavy atom. The number of rotatable bonds is 7. The molecule has 1 aliphatic carbocycles. The molecule has 2 heterocycles. The highest BCUT2D eigenvalue weighted by molar-refractivity contribution is 6.05. The van der Waals surface area contributed by atoms with Gasteiger partial charge in [0.25, 0.3) is 0 Å². The van der Waals surface area contributed by atoms with Gasteiger partial charge in [-0.25, -0.2) is 4.98 Å². The molecule has 30 heavy (non-hydrogen) atoms. The fraction of sp³-hybridized carbons (Fsp3) is 0.565. The van der Waals surface area contributed by atoms with Crippen molar-refractivity contribution >= 4 is 28.8 Å². The van der Waals surface area contributed by atoms with Crippen molar-refractivity contribution in [3.63, 3.8) is 0 Å². The molecule has 1 aromatic carbocycles. The zero-order valence-electron chi connectivity index (χ0n) is 17.7. The maximum Gasteiger partial charge on any atom is 0.233 e. The minimum Gasteiger partial charge on any atom is -0.346 e. The van der Waals surface area contributed by atoms with Crippen LogP contribution in [0.4, 0.5) is 0 Å². The predicted molar refractivity (Wildman–Crippen MR) is 113 cm³/mol. The zero-order valence-corrected chi connectivity index (χ0v) is 17.7. The van der Waals surface area contributed by atoms with E-state index in [1.165, 1.54) is 4.90 Å². The minimum atomic E-state index is -0.238. The van der Waals surface area contributed by atoms with Gasteiger partial charge < -0.3 is 10.3 Å². The Morgan fingerprint density at radius 3 is 2.47 bits per heavy atom. The molecule has 7 nitrogen and oxygen atoms in total. The molecule has 0 radical (unpaired) electrons. The largest absolute Gasteiger partial charge is 0.346 e. The Labute approximate surface area is 176 Å². The zero-order chi connectivity index (χ0) is 21.3. The number of para-hydroxylation sites is 2. The maximum atomic E-state index is 12.7. The Bertz CT molecular complexity index is 894. The van der Waals surface area contributed by atoms with Crippen molar-refractivity contribution in [3.8, 4) is 0 Å². The topological polar surface area (TPSA) is 95.2 Å². The summed E-state index contributed by atoms with van der Waals surface area (Å²) in [5, 5.41) is 3.06. The highest BCUT2D eigenvalue weighted by Crippen LogP contribution is 2.38. The molecule has 1 saturated heterocycles. The third-order valence-corrected chi connectivity index (χ3v) is 6.27. The van der Waals surface area contributed by atoms with E-state index in [-0.39, 0.29) is 48.6 Å². The van der Waals surface area contributed by atoms with Crippen LogP contribution in [0.15, 0.2) is 24.3 Å². The lowest BCUT2D eigenvalue weighted by Crippen LogP contribution is -2.37. The van der Waals surface area contributed by atoms with Crippen molar-refractivity contribution in [2.24, 2.45) is 17.8 Å². The van der Waals surface area contributed by atoms with Crippen molar-refractivity contribution in [1.29, 1.82) is 0 Å². The average molecular weight is 411 g/mol. The summed E-state index contributed by atoms with van der Waals surface area (Å²) in [5.74, 6) is 0.418. The Balaban J connectivity index is 1.40. The van der Waals surface area contributed by atoms with Crippen molar-refractivity contribution in [1.82, 2.24) is 20.2 Å². The van der Waals surface area contributed by atoms with E-state index in [9.17, 15) is 14.4 Å². The molecule has 3 amide bonds. The number of fused-ring (bicyclic) bond motifs is 2. The van der Waals surface area contributed by atoms with Crippen molar-refractivity contribution < 1.29 is 14.4 Å². The molecule has 2 N–H and O–H groups in total. The van der Waals surface area contributed by atoms with Crippen molar-refractivity contribution in [2.45, 2.75) is 58.4 Å². The molecule has 7 heteroatoms. The van der Waals surface area contributed by atoms with Crippen LogP contribution < -0.4 is 5.32 Å². The number of aromatic nitrogens is 2. The number of likely N-dealkylation sites (tertiary alicyclic amines) is 1. The van der Waals surface area contributed by atoms with Crippen LogP contribution in [-0.2, 0) is 14.4 Å². The van der Waals surface area contributed by atoms with Crippen molar-refractivity contribution in [2.75, 3.05) is 6.54 Å². The van der Waals surface area contributed by atoms with Crippen LogP contribution in [0.3, 0.4) is 0 Å². The SMILES string of the molecule is CC(C)C[C@@H](NC(=O)CCN1C(=O)[C@H]2CCCC[C@H]2C1=O)c1nc2ccccc2[nH]1. The van der Waals surface area contributed by atoms with Crippen LogP contribution in [0.2, 0.25) is 0 Å². The summed E-state index contributed by atoms with van der Waals surface area (Å²) in [5.41, 5.74) is 1.80. The molecular weight excluding hydrogens is 380 g/mol. The summed E-state index contributed by atoms with van der Waals surface area (Å²) in [6, 6.07) is 7.54. The van der Waals surface area contributed by atoms with E-state index in [0.717, 1.165) is 49.0 Å². The molecule has 2 aromatic rings. The van der Waals surface area contributed by atoms with Gasteiger partial charge in [-0.1, -0.05) is 38.8 Å². The number of imide groups is 1. The molecule has 2 fully saturated rings. The minimum absolute atomic E-state index is 0.0893.